The summed E-state index contributed by atoms with van der Waals surface area (Å²) in [6.45, 7) is 1.62. The number of anilines is 2. The van der Waals surface area contributed by atoms with Gasteiger partial charge in [-0.2, -0.15) is 0 Å². The maximum atomic E-state index is 13.0. The van der Waals surface area contributed by atoms with Gasteiger partial charge in [0.25, 0.3) is 5.56 Å². The van der Waals surface area contributed by atoms with Crippen LogP contribution in [0.5, 0.6) is 0 Å². The molecule has 144 valence electrons. The van der Waals surface area contributed by atoms with Crippen molar-refractivity contribution in [2.24, 2.45) is 0 Å². The zero-order valence-corrected chi connectivity index (χ0v) is 16.3. The summed E-state index contributed by atoms with van der Waals surface area (Å²) in [4.78, 5) is 33.9. The van der Waals surface area contributed by atoms with Crippen molar-refractivity contribution in [1.82, 2.24) is 9.97 Å². The molecular weight excluding hydrogens is 374 g/mol. The quantitative estimate of drug-likeness (QED) is 0.474. The van der Waals surface area contributed by atoms with Crippen molar-refractivity contribution in [1.29, 1.82) is 0 Å². The van der Waals surface area contributed by atoms with E-state index in [-0.39, 0.29) is 30.2 Å². The minimum atomic E-state index is -0.278. The van der Waals surface area contributed by atoms with Crippen LogP contribution in [0, 0.1) is 6.92 Å². The Morgan fingerprint density at radius 3 is 2.14 bits per heavy atom. The number of hydrogen-bond acceptors (Lipinski definition) is 5. The number of carbonyl (C=O) groups excluding carboxylic acids is 1. The van der Waals surface area contributed by atoms with Gasteiger partial charge in [-0.1, -0.05) is 48.2 Å². The number of aromatic amines is 1. The van der Waals surface area contributed by atoms with Crippen LogP contribution in [0.3, 0.4) is 0 Å². The van der Waals surface area contributed by atoms with Gasteiger partial charge in [-0.05, 0) is 31.2 Å². The molecule has 3 rings (SSSR count). The van der Waals surface area contributed by atoms with Gasteiger partial charge in [-0.25, -0.2) is 4.98 Å². The van der Waals surface area contributed by atoms with Crippen molar-refractivity contribution < 1.29 is 9.90 Å². The second-order valence-corrected chi connectivity index (χ2v) is 7.06. The van der Waals surface area contributed by atoms with Gasteiger partial charge < -0.3 is 10.1 Å². The van der Waals surface area contributed by atoms with Crippen LogP contribution in [-0.4, -0.2) is 33.3 Å². The largest absolute Gasteiger partial charge is 0.396 e. The maximum Gasteiger partial charge on any atom is 0.255 e. The molecule has 0 aliphatic heterocycles. The second kappa shape index (κ2) is 9.34. The highest BCUT2D eigenvalue weighted by Gasteiger charge is 2.19. The highest BCUT2D eigenvalue weighted by molar-refractivity contribution is 7.99. The first-order valence-corrected chi connectivity index (χ1v) is 9.85. The number of amides is 1. The summed E-state index contributed by atoms with van der Waals surface area (Å²) in [6, 6.07) is 18.8. The highest BCUT2D eigenvalue weighted by atomic mass is 32.2. The number of hydrogen-bond donors (Lipinski definition) is 2. The normalized spacial score (nSPS) is 10.6. The van der Waals surface area contributed by atoms with Crippen LogP contribution in [-0.2, 0) is 11.2 Å². The zero-order valence-electron chi connectivity index (χ0n) is 15.5. The van der Waals surface area contributed by atoms with E-state index in [9.17, 15) is 9.59 Å². The SMILES string of the molecule is Cc1nc(SCC(=O)N(c2ccccc2)c2ccccc2)[nH]c(=O)c1CCO. The van der Waals surface area contributed by atoms with E-state index in [0.717, 1.165) is 11.4 Å². The van der Waals surface area contributed by atoms with Crippen molar-refractivity contribution in [3.8, 4) is 0 Å². The molecule has 1 aromatic heterocycles. The topological polar surface area (TPSA) is 86.3 Å². The van der Waals surface area contributed by atoms with Gasteiger partial charge >= 0.3 is 0 Å². The zero-order chi connectivity index (χ0) is 19.9. The van der Waals surface area contributed by atoms with Crippen LogP contribution in [0.4, 0.5) is 11.4 Å². The maximum absolute atomic E-state index is 13.0. The summed E-state index contributed by atoms with van der Waals surface area (Å²) in [5.41, 5.74) is 2.30. The van der Waals surface area contributed by atoms with Gasteiger partial charge in [-0.15, -0.1) is 0 Å². The Morgan fingerprint density at radius 2 is 1.64 bits per heavy atom. The number of aliphatic hydroxyl groups excluding tert-OH is 1. The monoisotopic (exact) mass is 395 g/mol. The van der Waals surface area contributed by atoms with E-state index in [4.69, 9.17) is 5.11 Å². The number of aryl methyl sites for hydroxylation is 1. The Hall–Kier alpha value is -2.90. The molecule has 28 heavy (non-hydrogen) atoms. The number of H-pyrrole nitrogens is 1. The lowest BCUT2D eigenvalue weighted by atomic mass is 10.2. The Labute approximate surface area is 167 Å². The molecule has 0 saturated heterocycles. The Balaban J connectivity index is 1.81. The lowest BCUT2D eigenvalue weighted by Gasteiger charge is -2.22. The summed E-state index contributed by atoms with van der Waals surface area (Å²) in [7, 11) is 0. The number of thioether (sulfide) groups is 1. The molecule has 0 spiro atoms. The number of aromatic nitrogens is 2. The molecule has 7 heteroatoms. The van der Waals surface area contributed by atoms with E-state index in [1.807, 2.05) is 60.7 Å². The molecular formula is C21H21N3O3S. The van der Waals surface area contributed by atoms with E-state index < -0.39 is 0 Å². The molecule has 0 atom stereocenters. The molecule has 2 N–H and O–H groups in total. The third-order valence-corrected chi connectivity index (χ3v) is 5.03. The van der Waals surface area contributed by atoms with Crippen LogP contribution >= 0.6 is 11.8 Å². The number of carbonyl (C=O) groups is 1. The van der Waals surface area contributed by atoms with Crippen molar-refractivity contribution in [2.45, 2.75) is 18.5 Å². The predicted octanol–water partition coefficient (Wildman–Crippen LogP) is 3.07. The Kier molecular flexibility index (Phi) is 6.62. The summed E-state index contributed by atoms with van der Waals surface area (Å²) in [6.07, 6.45) is 0.258. The lowest BCUT2D eigenvalue weighted by molar-refractivity contribution is -0.115. The Morgan fingerprint density at radius 1 is 1.07 bits per heavy atom. The van der Waals surface area contributed by atoms with Gasteiger partial charge in [0, 0.05) is 35.7 Å². The molecule has 0 bridgehead atoms. The first kappa shape index (κ1) is 19.9. The minimum Gasteiger partial charge on any atom is -0.396 e. The molecule has 0 saturated carbocycles. The van der Waals surface area contributed by atoms with Crippen molar-refractivity contribution >= 4 is 29.0 Å². The van der Waals surface area contributed by atoms with E-state index >= 15 is 0 Å². The van der Waals surface area contributed by atoms with Crippen LogP contribution in [0.15, 0.2) is 70.6 Å². The first-order valence-electron chi connectivity index (χ1n) is 8.86. The molecule has 0 fully saturated rings. The van der Waals surface area contributed by atoms with Gasteiger partial charge in [0.1, 0.15) is 0 Å². The summed E-state index contributed by atoms with van der Waals surface area (Å²) < 4.78 is 0. The van der Waals surface area contributed by atoms with E-state index in [1.165, 1.54) is 11.8 Å². The first-order chi connectivity index (χ1) is 13.6. The fraction of sp³-hybridized carbons (Fsp3) is 0.190. The molecule has 0 aliphatic rings. The molecule has 2 aromatic carbocycles. The number of aliphatic hydroxyl groups is 1. The third kappa shape index (κ3) is 4.68. The van der Waals surface area contributed by atoms with Gasteiger partial charge in [0.15, 0.2) is 5.16 Å². The fourth-order valence-electron chi connectivity index (χ4n) is 2.85. The molecule has 0 aliphatic carbocycles. The number of nitrogens with zero attached hydrogens (tertiary/aromatic N) is 2. The standard InChI is InChI=1S/C21H21N3O3S/c1-15-18(12-13-25)20(27)23-21(22-15)28-14-19(26)24(16-8-4-2-5-9-16)17-10-6-3-7-11-17/h2-11,25H,12-14H2,1H3,(H,22,23,27). The van der Waals surface area contributed by atoms with Gasteiger partial charge in [-0.3, -0.25) is 14.5 Å². The average molecular weight is 395 g/mol. The number of benzene rings is 2. The second-order valence-electron chi connectivity index (χ2n) is 6.10. The number of rotatable bonds is 7. The molecule has 6 nitrogen and oxygen atoms in total. The molecule has 1 amide bonds. The number of para-hydroxylation sites is 2. The highest BCUT2D eigenvalue weighted by Crippen LogP contribution is 2.26. The third-order valence-electron chi connectivity index (χ3n) is 4.17. The molecule has 1 heterocycles. The smallest absolute Gasteiger partial charge is 0.255 e. The van der Waals surface area contributed by atoms with Crippen LogP contribution in [0.2, 0.25) is 0 Å². The lowest BCUT2D eigenvalue weighted by Crippen LogP contribution is -2.28. The van der Waals surface area contributed by atoms with E-state index in [2.05, 4.69) is 9.97 Å². The number of nitrogens with one attached hydrogen (secondary N) is 1. The van der Waals surface area contributed by atoms with Crippen molar-refractivity contribution in [3.63, 3.8) is 0 Å². The minimum absolute atomic E-state index is 0.111. The van der Waals surface area contributed by atoms with Gasteiger partial charge in [0.05, 0.1) is 5.75 Å². The van der Waals surface area contributed by atoms with Crippen LogP contribution < -0.4 is 10.5 Å². The fourth-order valence-corrected chi connectivity index (χ4v) is 3.60. The molecule has 3 aromatic rings. The summed E-state index contributed by atoms with van der Waals surface area (Å²) in [5, 5.41) is 9.44. The predicted molar refractivity (Wildman–Crippen MR) is 111 cm³/mol. The van der Waals surface area contributed by atoms with E-state index in [1.54, 1.807) is 11.8 Å². The van der Waals surface area contributed by atoms with Crippen molar-refractivity contribution in [2.75, 3.05) is 17.3 Å². The van der Waals surface area contributed by atoms with Gasteiger partial charge in [0.2, 0.25) is 5.91 Å². The molecule has 0 radical (unpaired) electrons. The summed E-state index contributed by atoms with van der Waals surface area (Å²) in [5.74, 6) is -0.00644. The van der Waals surface area contributed by atoms with Crippen LogP contribution in [0.1, 0.15) is 11.3 Å². The van der Waals surface area contributed by atoms with Crippen molar-refractivity contribution in [3.05, 3.63) is 82.3 Å². The molecule has 0 unspecified atom stereocenters. The summed E-state index contributed by atoms with van der Waals surface area (Å²) >= 11 is 1.18. The van der Waals surface area contributed by atoms with Crippen LogP contribution in [0.25, 0.3) is 0 Å². The van der Waals surface area contributed by atoms with E-state index in [0.29, 0.717) is 16.4 Å². The Bertz CT molecular complexity index is 951. The average Bonchev–Trinajstić information content (AvgIpc) is 2.71.